The number of piperidine rings is 1. The molecule has 26 N–H and O–H groups in total. The van der Waals surface area contributed by atoms with Gasteiger partial charge in [0, 0.05) is 26.1 Å². The molecule has 1 saturated heterocycles. The number of carbonyl (C=O) groups is 12. The molecule has 84 heavy (non-hydrogen) atoms. The lowest BCUT2D eigenvalue weighted by molar-refractivity contribution is -0.129. The number of nitrogens with zero attached hydrogens (tertiary/aromatic N) is 1. The molecule has 0 radical (unpaired) electrons. The third kappa shape index (κ3) is 1030. The Labute approximate surface area is 525 Å². The summed E-state index contributed by atoms with van der Waals surface area (Å²) in [7, 11) is 12.0. The van der Waals surface area contributed by atoms with E-state index in [2.05, 4.69) is 119 Å². The first-order valence-electron chi connectivity index (χ1n) is 26.3. The molecule has 1 aromatic rings. The minimum atomic E-state index is -0.167. The average Bonchev–Trinajstić information content (AvgIpc) is 3.63. The number of rotatable bonds is 3. The van der Waals surface area contributed by atoms with Crippen LogP contribution in [0, 0.1) is 11.8 Å². The van der Waals surface area contributed by atoms with Crippen LogP contribution < -0.4 is 64.3 Å². The van der Waals surface area contributed by atoms with E-state index >= 15 is 0 Å². The second-order valence-corrected chi connectivity index (χ2v) is 9.10. The number of aliphatic hydroxyl groups is 1. The lowest BCUT2D eigenvalue weighted by Gasteiger charge is -2.24. The fourth-order valence-corrected chi connectivity index (χ4v) is 1.92. The molecule has 0 unspecified atom stereocenters. The predicted octanol–water partition coefficient (Wildman–Crippen LogP) is 8.97. The van der Waals surface area contributed by atoms with Crippen molar-refractivity contribution in [2.24, 2.45) is 57.7 Å². The Morgan fingerprint density at radius 1 is 0.381 bits per heavy atom. The number of nitrogens with two attached hydrogens (primary N) is 8. The van der Waals surface area contributed by atoms with Crippen molar-refractivity contribution in [3.63, 3.8) is 0 Å². The molecule has 0 bridgehead atoms. The highest BCUT2D eigenvalue weighted by molar-refractivity contribution is 5.73. The summed E-state index contributed by atoms with van der Waals surface area (Å²) in [5, 5.41) is 8.06. The summed E-state index contributed by atoms with van der Waals surface area (Å²) < 4.78 is 0. The van der Waals surface area contributed by atoms with Crippen LogP contribution in [0.3, 0.4) is 0 Å². The number of hydrogen-bond donors (Lipinski definition) is 12. The topological polar surface area (TPSA) is 541 Å². The number of likely N-dealkylation sites (tertiary alicyclic amines) is 1. The van der Waals surface area contributed by atoms with E-state index in [1.807, 2.05) is 169 Å². The van der Waals surface area contributed by atoms with E-state index in [4.69, 9.17) is 57.8 Å². The predicted molar refractivity (Wildman–Crippen MR) is 382 cm³/mol. The van der Waals surface area contributed by atoms with E-state index in [0.717, 1.165) is 31.3 Å². The van der Waals surface area contributed by atoms with Gasteiger partial charge in [-0.1, -0.05) is 175 Å². The van der Waals surface area contributed by atoms with Gasteiger partial charge in [0.1, 0.15) is 74.7 Å². The second-order valence-electron chi connectivity index (χ2n) is 9.10. The van der Waals surface area contributed by atoms with E-state index in [1.165, 1.54) is 94.0 Å². The molecule has 1 aliphatic heterocycles. The molecule has 0 aromatic heterocycles. The summed E-state index contributed by atoms with van der Waals surface area (Å²) in [4.78, 5) is 101. The molecule has 536 valence electrons. The van der Waals surface area contributed by atoms with Crippen molar-refractivity contribution in [2.45, 2.75) is 197 Å². The van der Waals surface area contributed by atoms with Gasteiger partial charge in [0.05, 0.1) is 0 Å². The van der Waals surface area contributed by atoms with Crippen LogP contribution in [-0.4, -0.2) is 166 Å². The summed E-state index contributed by atoms with van der Waals surface area (Å²) in [6, 6.07) is 10.5. The molecule has 2 rings (SSSR count). The smallest absolute Gasteiger partial charge is 0.219 e. The van der Waals surface area contributed by atoms with E-state index in [1.54, 1.807) is 20.8 Å². The molecule has 0 aliphatic carbocycles. The average molecular weight is 1250 g/mol. The van der Waals surface area contributed by atoms with Gasteiger partial charge >= 0.3 is 0 Å². The van der Waals surface area contributed by atoms with Crippen LogP contribution in [0.2, 0.25) is 0 Å². The van der Waals surface area contributed by atoms with Gasteiger partial charge < -0.3 is 127 Å². The molecule has 1 aromatic carbocycles. The van der Waals surface area contributed by atoms with Crippen LogP contribution in [0.4, 0.5) is 0 Å². The summed E-state index contributed by atoms with van der Waals surface area (Å²) in [5.74, 6) is 2.00. The lowest BCUT2D eigenvalue weighted by Crippen LogP contribution is -2.33. The second kappa shape index (κ2) is 695. The van der Waals surface area contributed by atoms with E-state index < -0.39 is 0 Å². The number of aryl methyl sites for hydroxylation is 1. The fourth-order valence-electron chi connectivity index (χ4n) is 1.92. The van der Waals surface area contributed by atoms with E-state index in [-0.39, 0.29) is 30.5 Å². The Kier molecular flexibility index (Phi) is 1730. The van der Waals surface area contributed by atoms with Gasteiger partial charge in [0.25, 0.3) is 0 Å². The quantitative estimate of drug-likeness (QED) is 0.134. The number of hydrogen-bond acceptors (Lipinski definition) is 24. The molecule has 1 aliphatic rings. The monoisotopic (exact) mass is 1250 g/mol. The van der Waals surface area contributed by atoms with Gasteiger partial charge in [-0.2, -0.15) is 0 Å². The van der Waals surface area contributed by atoms with E-state index in [9.17, 15) is 4.79 Å². The number of aliphatic hydroxyl groups excluding tert-OH is 1. The minimum absolute atomic E-state index is 0. The standard InChI is InChI=1S/C8H10.C7H13NO.2C5H12.C3H8O.6C2H6.8CH5N.11CH2O.3H3N/c1-2-8-6-4-3-5-7-8;1-7(9)8-5-3-2-4-6-8;2*1-4-5(2)3;1-3(2)4;25*1-2;;;/h3-7H,2H2,1H3;2-6H2,1H3;2*5H,4H2,1-3H3;3-4H,1-2H3;6*1-2H3;8*2H2,1H3;11*1H2;3*1H3. The van der Waals surface area contributed by atoms with Crippen LogP contribution in [0.1, 0.15) is 190 Å². The van der Waals surface area contributed by atoms with Crippen LogP contribution in [-0.2, 0) is 64.0 Å². The Bertz CT molecular complexity index is 652. The highest BCUT2D eigenvalue weighted by atomic mass is 16.3. The Morgan fingerprint density at radius 3 is 0.583 bits per heavy atom. The van der Waals surface area contributed by atoms with Gasteiger partial charge in [-0.25, -0.2) is 0 Å². The van der Waals surface area contributed by atoms with Crippen molar-refractivity contribution < 1.29 is 62.6 Å². The Balaban J connectivity index is -0.0000000122. The highest BCUT2D eigenvalue weighted by Gasteiger charge is 2.11. The summed E-state index contributed by atoms with van der Waals surface area (Å²) in [6.45, 7) is 68.5. The third-order valence-electron chi connectivity index (χ3n) is 4.69. The maximum absolute atomic E-state index is 10.7. The number of carbonyl (C=O) groups excluding carboxylic acids is 12. The molecule has 1 heterocycles. The molecule has 25 nitrogen and oxygen atoms in total. The molecule has 0 spiro atoms. The summed E-state index contributed by atoms with van der Waals surface area (Å²) in [6.07, 6.45) is 7.27. The largest absolute Gasteiger partial charge is 0.394 e. The molecular weight excluding hydrogens is 1080 g/mol. The van der Waals surface area contributed by atoms with Crippen molar-refractivity contribution in [3.8, 4) is 0 Å². The van der Waals surface area contributed by atoms with Gasteiger partial charge in [-0.3, -0.25) is 4.79 Å². The van der Waals surface area contributed by atoms with Crippen molar-refractivity contribution in [2.75, 3.05) is 69.5 Å². The lowest BCUT2D eigenvalue weighted by atomic mass is 10.1. The zero-order valence-corrected chi connectivity index (χ0v) is 61.6. The minimum Gasteiger partial charge on any atom is -0.394 e. The Hall–Kier alpha value is -5.42. The maximum Gasteiger partial charge on any atom is 0.219 e. The third-order valence-corrected chi connectivity index (χ3v) is 4.69. The van der Waals surface area contributed by atoms with E-state index in [0.29, 0.717) is 0 Å². The fraction of sp³-hybridized carbons (Fsp3) is 0.695. The number of benzene rings is 1. The van der Waals surface area contributed by atoms with Crippen LogP contribution in [0.5, 0.6) is 0 Å². The van der Waals surface area contributed by atoms with Gasteiger partial charge in [0.15, 0.2) is 0 Å². The zero-order valence-electron chi connectivity index (χ0n) is 61.6. The molecule has 0 atom stereocenters. The highest BCUT2D eigenvalue weighted by Crippen LogP contribution is 2.07. The van der Waals surface area contributed by atoms with Crippen molar-refractivity contribution in [3.05, 3.63) is 35.9 Å². The maximum atomic E-state index is 10.7. The molecule has 1 amide bonds. The Morgan fingerprint density at radius 2 is 0.512 bits per heavy atom. The van der Waals surface area contributed by atoms with Crippen LogP contribution >= 0.6 is 0 Å². The molecular formula is C59H162N12O13. The number of amides is 1. The van der Waals surface area contributed by atoms with Gasteiger partial charge in [-0.05, 0) is 113 Å². The van der Waals surface area contributed by atoms with Crippen LogP contribution in [0.15, 0.2) is 30.3 Å². The normalized spacial score (nSPS) is 6.10. The molecule has 1 fully saturated rings. The van der Waals surface area contributed by atoms with Gasteiger partial charge in [0.2, 0.25) is 5.91 Å². The first-order valence-corrected chi connectivity index (χ1v) is 26.3. The van der Waals surface area contributed by atoms with Crippen molar-refractivity contribution in [1.82, 2.24) is 23.4 Å². The molecule has 0 saturated carbocycles. The molecule has 25 heteroatoms. The first-order chi connectivity index (χ1) is 39.5. The summed E-state index contributed by atoms with van der Waals surface area (Å²) >= 11 is 0. The SMILES string of the molecule is C=O.C=O.C=O.C=O.C=O.C=O.C=O.C=O.C=O.C=O.C=O.CC.CC.CC.CC.CC.CC.CC(=O)N1CCCCC1.CC(C)O.CCC(C)C.CCC(C)C.CCc1ccccc1.CN.CN.CN.CN.CN.CN.CN.CN.N.N.N. The van der Waals surface area contributed by atoms with Gasteiger partial charge in [-0.15, -0.1) is 0 Å². The summed E-state index contributed by atoms with van der Waals surface area (Å²) in [5.41, 5.74) is 37.4. The first kappa shape index (κ1) is 209. The van der Waals surface area contributed by atoms with Crippen molar-refractivity contribution >= 4 is 80.6 Å². The van der Waals surface area contributed by atoms with Crippen LogP contribution in [0.25, 0.3) is 0 Å². The zero-order chi connectivity index (χ0) is 74.7. The van der Waals surface area contributed by atoms with Crippen molar-refractivity contribution in [1.29, 1.82) is 0 Å².